The first-order chi connectivity index (χ1) is 14.4. The number of nitrogens with one attached hydrogen (secondary N) is 2. The van der Waals surface area contributed by atoms with Gasteiger partial charge in [0.2, 0.25) is 5.89 Å². The number of rotatable bonds is 8. The van der Waals surface area contributed by atoms with Crippen LogP contribution in [-0.2, 0) is 6.54 Å². The van der Waals surface area contributed by atoms with Crippen LogP contribution in [0.1, 0.15) is 43.2 Å². The second kappa shape index (κ2) is 10.6. The van der Waals surface area contributed by atoms with Gasteiger partial charge in [-0.15, -0.1) is 10.2 Å². The molecule has 0 unspecified atom stereocenters. The summed E-state index contributed by atoms with van der Waals surface area (Å²) >= 11 is 0. The molecule has 0 aliphatic heterocycles. The molecule has 0 saturated carbocycles. The summed E-state index contributed by atoms with van der Waals surface area (Å²) in [5.74, 6) is -0.838. The molecule has 0 spiro atoms. The average Bonchev–Trinajstić information content (AvgIpc) is 3.23. The standard InChI is InChI=1S/C21H20F2N6O/c1-3-9-29(13-16-6-4-5-15(11-16)12-25)19(26)14(2)10-17(7-8-24)20-27-28-21(30-20)18(22)23/h3-11,18,24,26H,13H2,1-2H3/b9-3-,14-10+,17-7+,24-8?,26-19?. The summed E-state index contributed by atoms with van der Waals surface area (Å²) in [6.07, 6.45) is 4.39. The maximum Gasteiger partial charge on any atom is 0.314 e. The van der Waals surface area contributed by atoms with Crippen molar-refractivity contribution in [2.24, 2.45) is 0 Å². The number of halogens is 2. The highest BCUT2D eigenvalue weighted by molar-refractivity contribution is 5.99. The molecule has 0 saturated heterocycles. The first-order valence-electron chi connectivity index (χ1n) is 8.88. The van der Waals surface area contributed by atoms with Gasteiger partial charge in [0.15, 0.2) is 0 Å². The molecule has 0 aliphatic carbocycles. The van der Waals surface area contributed by atoms with Gasteiger partial charge in [0.1, 0.15) is 5.84 Å². The minimum absolute atomic E-state index is 0.139. The Kier molecular flexibility index (Phi) is 7.88. The Bertz CT molecular complexity index is 1050. The highest BCUT2D eigenvalue weighted by Crippen LogP contribution is 2.22. The number of hydrogen-bond donors (Lipinski definition) is 2. The summed E-state index contributed by atoms with van der Waals surface area (Å²) in [6, 6.07) is 9.16. The first-order valence-corrected chi connectivity index (χ1v) is 8.88. The third-order valence-corrected chi connectivity index (χ3v) is 3.91. The molecule has 2 rings (SSSR count). The summed E-state index contributed by atoms with van der Waals surface area (Å²) in [6.45, 7) is 3.84. The molecule has 2 N–H and O–H groups in total. The first kappa shape index (κ1) is 22.4. The topological polar surface area (TPSA) is 114 Å². The summed E-state index contributed by atoms with van der Waals surface area (Å²) in [4.78, 5) is 1.67. The van der Waals surface area contributed by atoms with Crippen LogP contribution in [0.25, 0.3) is 5.57 Å². The minimum atomic E-state index is -2.90. The average molecular weight is 410 g/mol. The SMILES string of the molecule is C/C=C\N(Cc1cccc(C#N)c1)C(=N)/C(C)=C/C(=C\C=N)c1nnc(C(F)F)o1. The van der Waals surface area contributed by atoms with E-state index in [9.17, 15) is 8.78 Å². The van der Waals surface area contributed by atoms with Crippen molar-refractivity contribution in [3.63, 3.8) is 0 Å². The van der Waals surface area contributed by atoms with E-state index in [4.69, 9.17) is 20.5 Å². The van der Waals surface area contributed by atoms with Crippen molar-refractivity contribution in [1.29, 1.82) is 16.1 Å². The van der Waals surface area contributed by atoms with Crippen LogP contribution in [0.3, 0.4) is 0 Å². The maximum atomic E-state index is 12.7. The number of benzene rings is 1. The number of nitrogens with zero attached hydrogens (tertiary/aromatic N) is 4. The molecule has 7 nitrogen and oxygen atoms in total. The summed E-state index contributed by atoms with van der Waals surface area (Å²) < 4.78 is 30.4. The Morgan fingerprint density at radius 3 is 2.73 bits per heavy atom. The van der Waals surface area contributed by atoms with Gasteiger partial charge in [0.25, 0.3) is 5.89 Å². The monoisotopic (exact) mass is 410 g/mol. The van der Waals surface area contributed by atoms with Gasteiger partial charge >= 0.3 is 6.43 Å². The second-order valence-corrected chi connectivity index (χ2v) is 6.13. The van der Waals surface area contributed by atoms with E-state index in [2.05, 4.69) is 16.3 Å². The lowest BCUT2D eigenvalue weighted by molar-refractivity contribution is 0.114. The van der Waals surface area contributed by atoms with Crippen LogP contribution >= 0.6 is 0 Å². The lowest BCUT2D eigenvalue weighted by Crippen LogP contribution is -2.25. The molecule has 0 fully saturated rings. The number of nitriles is 1. The van der Waals surface area contributed by atoms with Crippen LogP contribution in [0.4, 0.5) is 8.78 Å². The third-order valence-electron chi connectivity index (χ3n) is 3.91. The zero-order valence-corrected chi connectivity index (χ0v) is 16.4. The highest BCUT2D eigenvalue weighted by Gasteiger charge is 2.18. The molecule has 2 aromatic rings. The van der Waals surface area contributed by atoms with E-state index in [1.165, 1.54) is 12.2 Å². The molecule has 1 heterocycles. The van der Waals surface area contributed by atoms with Crippen molar-refractivity contribution in [2.45, 2.75) is 26.8 Å². The molecule has 0 amide bonds. The van der Waals surface area contributed by atoms with Gasteiger partial charge in [0.05, 0.1) is 11.6 Å². The van der Waals surface area contributed by atoms with Gasteiger partial charge < -0.3 is 14.7 Å². The predicted octanol–water partition coefficient (Wildman–Crippen LogP) is 4.87. The van der Waals surface area contributed by atoms with Crippen LogP contribution in [0.5, 0.6) is 0 Å². The van der Waals surface area contributed by atoms with Gasteiger partial charge in [-0.25, -0.2) is 0 Å². The second-order valence-electron chi connectivity index (χ2n) is 6.13. The molecular weight excluding hydrogens is 390 g/mol. The van der Waals surface area contributed by atoms with E-state index in [0.29, 0.717) is 17.7 Å². The van der Waals surface area contributed by atoms with Gasteiger partial charge in [-0.2, -0.15) is 14.0 Å². The Labute approximate surface area is 172 Å². The zero-order chi connectivity index (χ0) is 22.1. The highest BCUT2D eigenvalue weighted by atomic mass is 19.3. The van der Waals surface area contributed by atoms with Gasteiger partial charge in [-0.1, -0.05) is 18.2 Å². The molecule has 9 heteroatoms. The van der Waals surface area contributed by atoms with E-state index < -0.39 is 12.3 Å². The van der Waals surface area contributed by atoms with Crippen LogP contribution in [0, 0.1) is 22.1 Å². The maximum absolute atomic E-state index is 12.7. The van der Waals surface area contributed by atoms with Crippen molar-refractivity contribution in [1.82, 2.24) is 15.1 Å². The Morgan fingerprint density at radius 1 is 1.37 bits per heavy atom. The van der Waals surface area contributed by atoms with Crippen LogP contribution < -0.4 is 0 Å². The molecule has 1 aromatic carbocycles. The van der Waals surface area contributed by atoms with Gasteiger partial charge in [-0.05, 0) is 49.3 Å². The zero-order valence-electron chi connectivity index (χ0n) is 16.4. The van der Waals surface area contributed by atoms with E-state index in [-0.39, 0.29) is 17.3 Å². The van der Waals surface area contributed by atoms with Gasteiger partial charge in [0, 0.05) is 24.5 Å². The predicted molar refractivity (Wildman–Crippen MR) is 109 cm³/mol. The van der Waals surface area contributed by atoms with Crippen LogP contribution in [0.2, 0.25) is 0 Å². The number of alkyl halides is 2. The van der Waals surface area contributed by atoms with E-state index in [0.717, 1.165) is 11.8 Å². The smallest absolute Gasteiger partial charge is 0.314 e. The molecule has 1 aromatic heterocycles. The fraction of sp³-hybridized carbons (Fsp3) is 0.190. The number of aromatic nitrogens is 2. The van der Waals surface area contributed by atoms with Crippen molar-refractivity contribution in [3.05, 3.63) is 77.2 Å². The molecule has 154 valence electrons. The molecule has 0 aliphatic rings. The van der Waals surface area contributed by atoms with Crippen molar-refractivity contribution in [3.8, 4) is 6.07 Å². The van der Waals surface area contributed by atoms with E-state index in [1.54, 1.807) is 42.3 Å². The summed E-state index contributed by atoms with van der Waals surface area (Å²) in [5, 5.41) is 31.8. The Balaban J connectivity index is 2.31. The number of allylic oxidation sites excluding steroid dienone is 4. The molecule has 0 bridgehead atoms. The molecule has 0 atom stereocenters. The number of hydrogen-bond acceptors (Lipinski definition) is 6. The fourth-order valence-corrected chi connectivity index (χ4v) is 2.56. The molecule has 0 radical (unpaired) electrons. The van der Waals surface area contributed by atoms with Crippen LogP contribution in [0.15, 0.2) is 58.7 Å². The van der Waals surface area contributed by atoms with E-state index >= 15 is 0 Å². The molecular formula is C21H20F2N6O. The third kappa shape index (κ3) is 5.78. The summed E-state index contributed by atoms with van der Waals surface area (Å²) in [5.41, 5.74) is 2.08. The Hall–Kier alpha value is -3.93. The Morgan fingerprint density at radius 2 is 2.13 bits per heavy atom. The lowest BCUT2D eigenvalue weighted by atomic mass is 10.1. The lowest BCUT2D eigenvalue weighted by Gasteiger charge is -2.22. The van der Waals surface area contributed by atoms with Crippen molar-refractivity contribution in [2.75, 3.05) is 0 Å². The summed E-state index contributed by atoms with van der Waals surface area (Å²) in [7, 11) is 0. The minimum Gasteiger partial charge on any atom is -0.415 e. The van der Waals surface area contributed by atoms with Crippen molar-refractivity contribution >= 4 is 17.6 Å². The van der Waals surface area contributed by atoms with E-state index in [1.807, 2.05) is 13.0 Å². The molecule has 30 heavy (non-hydrogen) atoms. The fourth-order valence-electron chi connectivity index (χ4n) is 2.56. The largest absolute Gasteiger partial charge is 0.415 e. The van der Waals surface area contributed by atoms with Gasteiger partial charge in [-0.3, -0.25) is 5.41 Å². The van der Waals surface area contributed by atoms with Crippen molar-refractivity contribution < 1.29 is 13.2 Å². The normalized spacial score (nSPS) is 12.3. The number of amidine groups is 1. The van der Waals surface area contributed by atoms with Crippen LogP contribution in [-0.4, -0.2) is 27.1 Å². The quantitative estimate of drug-likeness (QED) is 0.366.